The second-order valence-corrected chi connectivity index (χ2v) is 8.40. The van der Waals surface area contributed by atoms with Crippen LogP contribution in [0.3, 0.4) is 0 Å². The summed E-state index contributed by atoms with van der Waals surface area (Å²) in [5.74, 6) is -3.17. The fourth-order valence-corrected chi connectivity index (χ4v) is 3.71. The number of hydrogen-bond donors (Lipinski definition) is 0. The normalized spacial score (nSPS) is 11.7. The van der Waals surface area contributed by atoms with Gasteiger partial charge < -0.3 is 18.8 Å². The van der Waals surface area contributed by atoms with Crippen LogP contribution in [0.5, 0.6) is 5.75 Å². The lowest BCUT2D eigenvalue weighted by molar-refractivity contribution is 0.0495. The van der Waals surface area contributed by atoms with Crippen molar-refractivity contribution in [2.24, 2.45) is 0 Å². The number of methoxy groups -OCH3 is 1. The van der Waals surface area contributed by atoms with E-state index in [0.29, 0.717) is 0 Å². The highest BCUT2D eigenvalue weighted by Gasteiger charge is 2.27. The van der Waals surface area contributed by atoms with Crippen LogP contribution in [-0.2, 0) is 29.0 Å². The van der Waals surface area contributed by atoms with Gasteiger partial charge in [0.1, 0.15) is 18.2 Å². The Hall–Kier alpha value is -3.85. The maximum atomic E-state index is 14.1. The van der Waals surface area contributed by atoms with Crippen LogP contribution in [0.25, 0.3) is 0 Å². The Morgan fingerprint density at radius 1 is 1.08 bits per heavy atom. The molecular weight excluding hydrogens is 484 g/mol. The summed E-state index contributed by atoms with van der Waals surface area (Å²) in [6.07, 6.45) is 0.643. The molecule has 1 aromatic heterocycles. The Labute approximate surface area is 213 Å². The molecule has 0 spiro atoms. The predicted molar refractivity (Wildman–Crippen MR) is 133 cm³/mol. The molecule has 0 fully saturated rings. The van der Waals surface area contributed by atoms with Crippen molar-refractivity contribution in [2.45, 2.75) is 45.9 Å². The molecule has 9 heteroatoms. The van der Waals surface area contributed by atoms with E-state index >= 15 is 0 Å². The number of nitrogens with zero attached hydrogens (tertiary/aromatic N) is 1. The molecule has 0 aliphatic carbocycles. The molecule has 0 aliphatic rings. The fraction of sp³-hybridized carbons (Fsp3) is 0.321. The zero-order chi connectivity index (χ0) is 26.9. The molecule has 0 amide bonds. The van der Waals surface area contributed by atoms with E-state index in [1.807, 2.05) is 6.07 Å². The Kier molecular flexibility index (Phi) is 9.68. The summed E-state index contributed by atoms with van der Waals surface area (Å²) in [5.41, 5.74) is -0.233. The molecule has 0 bridgehead atoms. The molecule has 1 unspecified atom stereocenters. The van der Waals surface area contributed by atoms with Crippen molar-refractivity contribution in [1.82, 2.24) is 4.57 Å². The number of ketones is 1. The van der Waals surface area contributed by atoms with Gasteiger partial charge in [0.25, 0.3) is 0 Å². The SMILES string of the molecule is CCOC(=O)c1c(OCc2ccccc2)c(=O)c(C(=O)CCc2ccc(F)cc2F)cn1CC(C)OC. The summed E-state index contributed by atoms with van der Waals surface area (Å²) in [6.45, 7) is 3.56. The van der Waals surface area contributed by atoms with E-state index in [1.165, 1.54) is 23.9 Å². The summed E-state index contributed by atoms with van der Waals surface area (Å²) in [6, 6.07) is 12.1. The number of aromatic nitrogens is 1. The minimum atomic E-state index is -0.779. The summed E-state index contributed by atoms with van der Waals surface area (Å²) >= 11 is 0. The first-order chi connectivity index (χ1) is 17.7. The molecule has 2 aromatic carbocycles. The molecule has 0 radical (unpaired) electrons. The van der Waals surface area contributed by atoms with Gasteiger partial charge in [-0.15, -0.1) is 0 Å². The molecule has 0 saturated carbocycles. The van der Waals surface area contributed by atoms with Crippen LogP contribution in [0.1, 0.15) is 52.2 Å². The van der Waals surface area contributed by atoms with Gasteiger partial charge in [-0.1, -0.05) is 36.4 Å². The number of Topliss-reactive ketones (excluding diaryl/α,β-unsaturated/α-hetero) is 1. The molecule has 196 valence electrons. The third-order valence-corrected chi connectivity index (χ3v) is 5.73. The van der Waals surface area contributed by atoms with E-state index < -0.39 is 28.8 Å². The standard InChI is InChI=1S/C28H29F2NO6/c1-4-36-28(34)25-27(37-17-19-8-6-5-7-9-19)26(33)22(16-31(25)15-18(2)35-3)24(32)13-11-20-10-12-21(29)14-23(20)30/h5-10,12,14,16,18H,4,11,13,15,17H2,1-3H3. The van der Waals surface area contributed by atoms with Crippen LogP contribution >= 0.6 is 0 Å². The highest BCUT2D eigenvalue weighted by Crippen LogP contribution is 2.21. The molecule has 1 atom stereocenters. The van der Waals surface area contributed by atoms with E-state index in [-0.39, 0.29) is 61.3 Å². The minimum Gasteiger partial charge on any atom is -0.482 e. The number of pyridine rings is 1. The number of halogens is 2. The molecule has 7 nitrogen and oxygen atoms in total. The Balaban J connectivity index is 2.04. The zero-order valence-corrected chi connectivity index (χ0v) is 21.0. The largest absolute Gasteiger partial charge is 0.482 e. The van der Waals surface area contributed by atoms with Gasteiger partial charge in [0.05, 0.1) is 18.3 Å². The van der Waals surface area contributed by atoms with Gasteiger partial charge in [0.2, 0.25) is 5.43 Å². The van der Waals surface area contributed by atoms with Gasteiger partial charge in [-0.25, -0.2) is 13.6 Å². The average molecular weight is 514 g/mol. The molecule has 3 rings (SSSR count). The van der Waals surface area contributed by atoms with Gasteiger partial charge >= 0.3 is 5.97 Å². The van der Waals surface area contributed by atoms with Gasteiger partial charge in [-0.05, 0) is 37.5 Å². The fourth-order valence-electron chi connectivity index (χ4n) is 3.71. The number of aryl methyl sites for hydroxylation is 1. The van der Waals surface area contributed by atoms with Crippen molar-refractivity contribution >= 4 is 11.8 Å². The Morgan fingerprint density at radius 2 is 1.81 bits per heavy atom. The maximum Gasteiger partial charge on any atom is 0.359 e. The summed E-state index contributed by atoms with van der Waals surface area (Å²) in [7, 11) is 1.49. The van der Waals surface area contributed by atoms with Gasteiger partial charge in [0.15, 0.2) is 17.2 Å². The highest BCUT2D eigenvalue weighted by molar-refractivity contribution is 5.98. The lowest BCUT2D eigenvalue weighted by Gasteiger charge is -2.20. The van der Waals surface area contributed by atoms with Gasteiger partial charge in [-0.3, -0.25) is 9.59 Å². The second-order valence-electron chi connectivity index (χ2n) is 8.40. The maximum absolute atomic E-state index is 14.1. The van der Waals surface area contributed by atoms with E-state index in [1.54, 1.807) is 38.1 Å². The van der Waals surface area contributed by atoms with E-state index in [2.05, 4.69) is 0 Å². The number of esters is 1. The van der Waals surface area contributed by atoms with Gasteiger partial charge in [-0.2, -0.15) is 0 Å². The Bertz CT molecular complexity index is 1310. The van der Waals surface area contributed by atoms with Crippen molar-refractivity contribution in [3.05, 3.63) is 99.0 Å². The summed E-state index contributed by atoms with van der Waals surface area (Å²) < 4.78 is 45.1. The quantitative estimate of drug-likeness (QED) is 0.257. The second kappa shape index (κ2) is 12.9. The van der Waals surface area contributed by atoms with Crippen molar-refractivity contribution in [1.29, 1.82) is 0 Å². The molecule has 0 aliphatic heterocycles. The number of carbonyl (C=O) groups excluding carboxylic acids is 2. The minimum absolute atomic E-state index is 0.0270. The van der Waals surface area contributed by atoms with Crippen molar-refractivity contribution in [2.75, 3.05) is 13.7 Å². The van der Waals surface area contributed by atoms with Crippen molar-refractivity contribution < 1.29 is 32.6 Å². The molecule has 0 saturated heterocycles. The van der Waals surface area contributed by atoms with E-state index in [4.69, 9.17) is 14.2 Å². The first-order valence-corrected chi connectivity index (χ1v) is 11.9. The van der Waals surface area contributed by atoms with Crippen molar-refractivity contribution in [3.8, 4) is 5.75 Å². The molecule has 1 heterocycles. The van der Waals surface area contributed by atoms with Crippen molar-refractivity contribution in [3.63, 3.8) is 0 Å². The third kappa shape index (κ3) is 7.10. The van der Waals surface area contributed by atoms with Gasteiger partial charge in [0, 0.05) is 32.3 Å². The smallest absolute Gasteiger partial charge is 0.359 e. The topological polar surface area (TPSA) is 83.8 Å². The monoisotopic (exact) mass is 513 g/mol. The number of carbonyl (C=O) groups is 2. The molecule has 3 aromatic rings. The molecular formula is C28H29F2NO6. The number of hydrogen-bond acceptors (Lipinski definition) is 6. The van der Waals surface area contributed by atoms with Crippen LogP contribution in [-0.4, -0.2) is 36.1 Å². The highest BCUT2D eigenvalue weighted by atomic mass is 19.1. The number of rotatable bonds is 12. The first-order valence-electron chi connectivity index (χ1n) is 11.9. The molecule has 37 heavy (non-hydrogen) atoms. The van der Waals surface area contributed by atoms with Crippen LogP contribution in [0.2, 0.25) is 0 Å². The van der Waals surface area contributed by atoms with E-state index in [0.717, 1.165) is 17.7 Å². The number of benzene rings is 2. The lowest BCUT2D eigenvalue weighted by Crippen LogP contribution is -2.29. The van der Waals surface area contributed by atoms with E-state index in [9.17, 15) is 23.2 Å². The predicted octanol–water partition coefficient (Wildman–Crippen LogP) is 4.73. The number of ether oxygens (including phenoxy) is 3. The Morgan fingerprint density at radius 3 is 2.46 bits per heavy atom. The lowest BCUT2D eigenvalue weighted by atomic mass is 10.0. The average Bonchev–Trinajstić information content (AvgIpc) is 2.88. The summed E-state index contributed by atoms with van der Waals surface area (Å²) in [5, 5.41) is 0. The van der Waals surface area contributed by atoms with Crippen LogP contribution < -0.4 is 10.2 Å². The van der Waals surface area contributed by atoms with Crippen LogP contribution in [0.4, 0.5) is 8.78 Å². The summed E-state index contributed by atoms with van der Waals surface area (Å²) in [4.78, 5) is 39.5. The van der Waals surface area contributed by atoms with Crippen LogP contribution in [0.15, 0.2) is 59.5 Å². The molecule has 0 N–H and O–H groups in total. The zero-order valence-electron chi connectivity index (χ0n) is 21.0. The third-order valence-electron chi connectivity index (χ3n) is 5.73. The van der Waals surface area contributed by atoms with Crippen LogP contribution in [0, 0.1) is 11.6 Å². The first kappa shape index (κ1) is 27.7.